The number of likely N-dealkylation sites (tertiary alicyclic amines) is 1. The Bertz CT molecular complexity index is 1220. The monoisotopic (exact) mass is 465 g/mol. The second-order valence-corrected chi connectivity index (χ2v) is 10.6. The van der Waals surface area contributed by atoms with Gasteiger partial charge in [0.15, 0.2) is 0 Å². The van der Waals surface area contributed by atoms with Crippen LogP contribution < -0.4 is 5.32 Å². The van der Waals surface area contributed by atoms with Gasteiger partial charge in [-0.15, -0.1) is 4.40 Å². The number of nitrogens with zero attached hydrogens (tertiary/aromatic N) is 2. The summed E-state index contributed by atoms with van der Waals surface area (Å²) in [6, 6.07) is 15.6. The molecule has 2 aliphatic heterocycles. The van der Waals surface area contributed by atoms with Crippen molar-refractivity contribution in [3.05, 3.63) is 76.4 Å². The van der Waals surface area contributed by atoms with Gasteiger partial charge in [-0.1, -0.05) is 48.5 Å². The number of carbonyl (C=O) groups is 1. The Morgan fingerprint density at radius 1 is 1.03 bits per heavy atom. The SMILES string of the molecule is CC1=C(c2ccc(C)c(C)c2)S(=O)(=O)N=C1N1CCC(C(=O)NC(C)c2ccccc2)CC1. The molecule has 1 amide bonds. The maximum absolute atomic E-state index is 12.9. The van der Waals surface area contributed by atoms with E-state index in [4.69, 9.17) is 0 Å². The summed E-state index contributed by atoms with van der Waals surface area (Å²) >= 11 is 0. The van der Waals surface area contributed by atoms with Crippen molar-refractivity contribution in [2.24, 2.45) is 10.3 Å². The second kappa shape index (κ2) is 9.14. The molecule has 6 nitrogen and oxygen atoms in total. The van der Waals surface area contributed by atoms with Crippen molar-refractivity contribution in [1.82, 2.24) is 10.2 Å². The number of rotatable bonds is 4. The van der Waals surface area contributed by atoms with Crippen LogP contribution >= 0.6 is 0 Å². The summed E-state index contributed by atoms with van der Waals surface area (Å²) in [4.78, 5) is 15.1. The zero-order valence-electron chi connectivity index (χ0n) is 19.6. The molecule has 1 saturated heterocycles. The lowest BCUT2D eigenvalue weighted by atomic mass is 9.94. The predicted molar refractivity (Wildman–Crippen MR) is 132 cm³/mol. The molecule has 2 heterocycles. The molecule has 1 fully saturated rings. The Morgan fingerprint density at radius 3 is 2.33 bits per heavy atom. The predicted octanol–water partition coefficient (Wildman–Crippen LogP) is 4.37. The van der Waals surface area contributed by atoms with E-state index in [9.17, 15) is 13.2 Å². The van der Waals surface area contributed by atoms with Crippen molar-refractivity contribution >= 4 is 26.7 Å². The molecule has 7 heteroatoms. The van der Waals surface area contributed by atoms with E-state index in [1.54, 1.807) is 0 Å². The Hall–Kier alpha value is -2.93. The summed E-state index contributed by atoms with van der Waals surface area (Å²) < 4.78 is 30.0. The summed E-state index contributed by atoms with van der Waals surface area (Å²) in [7, 11) is -3.75. The molecule has 1 unspecified atom stereocenters. The van der Waals surface area contributed by atoms with Crippen molar-refractivity contribution < 1.29 is 13.2 Å². The van der Waals surface area contributed by atoms with Crippen LogP contribution in [0.4, 0.5) is 0 Å². The van der Waals surface area contributed by atoms with Crippen LogP contribution in [0.5, 0.6) is 0 Å². The highest BCUT2D eigenvalue weighted by atomic mass is 32.2. The third-order valence-corrected chi connectivity index (χ3v) is 8.20. The zero-order valence-corrected chi connectivity index (χ0v) is 20.4. The summed E-state index contributed by atoms with van der Waals surface area (Å²) in [5.74, 6) is 0.476. The van der Waals surface area contributed by atoms with Crippen LogP contribution in [0.2, 0.25) is 0 Å². The average molecular weight is 466 g/mol. The summed E-state index contributed by atoms with van der Waals surface area (Å²) in [6.07, 6.45) is 1.33. The van der Waals surface area contributed by atoms with E-state index in [0.29, 0.717) is 42.9 Å². The van der Waals surface area contributed by atoms with Crippen LogP contribution in [0.15, 0.2) is 58.5 Å². The van der Waals surface area contributed by atoms with Gasteiger partial charge in [0.05, 0.1) is 6.04 Å². The fourth-order valence-electron chi connectivity index (χ4n) is 4.58. The van der Waals surface area contributed by atoms with E-state index in [-0.39, 0.29) is 22.8 Å². The van der Waals surface area contributed by atoms with Crippen LogP contribution in [-0.4, -0.2) is 38.2 Å². The number of carbonyl (C=O) groups excluding carboxylic acids is 1. The number of hydrogen-bond acceptors (Lipinski definition) is 4. The maximum Gasteiger partial charge on any atom is 0.285 e. The Kier molecular flexibility index (Phi) is 6.43. The standard InChI is InChI=1S/C26H31N3O3S/c1-17-10-11-23(16-18(17)2)24-19(3)25(28-33(24,31)32)29-14-12-22(13-15-29)26(30)27-20(4)21-8-6-5-7-9-21/h5-11,16,20,22H,12-15H2,1-4H3,(H,27,30). The van der Waals surface area contributed by atoms with E-state index >= 15 is 0 Å². The van der Waals surface area contributed by atoms with E-state index in [1.165, 1.54) is 0 Å². The van der Waals surface area contributed by atoms with Gasteiger partial charge >= 0.3 is 0 Å². The van der Waals surface area contributed by atoms with E-state index in [0.717, 1.165) is 16.7 Å². The van der Waals surface area contributed by atoms with Gasteiger partial charge in [0.25, 0.3) is 10.0 Å². The van der Waals surface area contributed by atoms with Crippen molar-refractivity contribution in [3.63, 3.8) is 0 Å². The molecule has 0 bridgehead atoms. The average Bonchev–Trinajstić information content (AvgIpc) is 3.05. The molecule has 33 heavy (non-hydrogen) atoms. The minimum Gasteiger partial charge on any atom is -0.356 e. The molecule has 2 aromatic carbocycles. The van der Waals surface area contributed by atoms with Crippen molar-refractivity contribution in [2.75, 3.05) is 13.1 Å². The largest absolute Gasteiger partial charge is 0.356 e. The van der Waals surface area contributed by atoms with E-state index < -0.39 is 10.0 Å². The minimum atomic E-state index is -3.75. The number of nitrogens with one attached hydrogen (secondary N) is 1. The van der Waals surface area contributed by atoms with Gasteiger partial charge < -0.3 is 10.2 Å². The minimum absolute atomic E-state index is 0.0493. The van der Waals surface area contributed by atoms with E-state index in [2.05, 4.69) is 9.71 Å². The number of hydrogen-bond donors (Lipinski definition) is 1. The molecule has 0 spiro atoms. The smallest absolute Gasteiger partial charge is 0.285 e. The third kappa shape index (κ3) is 4.74. The molecule has 0 saturated carbocycles. The first-order chi connectivity index (χ1) is 15.7. The first-order valence-corrected chi connectivity index (χ1v) is 12.9. The van der Waals surface area contributed by atoms with Gasteiger partial charge in [-0.2, -0.15) is 8.42 Å². The first-order valence-electron chi connectivity index (χ1n) is 11.4. The topological polar surface area (TPSA) is 78.8 Å². The fourth-order valence-corrected chi connectivity index (χ4v) is 6.05. The molecule has 2 aromatic rings. The van der Waals surface area contributed by atoms with Gasteiger partial charge in [-0.05, 0) is 62.8 Å². The van der Waals surface area contributed by atoms with Crippen molar-refractivity contribution in [1.29, 1.82) is 0 Å². The van der Waals surface area contributed by atoms with Gasteiger partial charge in [-0.25, -0.2) is 0 Å². The van der Waals surface area contributed by atoms with Crippen LogP contribution in [0.1, 0.15) is 55.0 Å². The highest BCUT2D eigenvalue weighted by Gasteiger charge is 2.36. The number of benzene rings is 2. The molecule has 0 aromatic heterocycles. The lowest BCUT2D eigenvalue weighted by Crippen LogP contribution is -2.43. The van der Waals surface area contributed by atoms with Crippen LogP contribution in [0.3, 0.4) is 0 Å². The lowest BCUT2D eigenvalue weighted by molar-refractivity contribution is -0.126. The van der Waals surface area contributed by atoms with Crippen LogP contribution in [0.25, 0.3) is 4.91 Å². The molecule has 1 atom stereocenters. The first kappa shape index (κ1) is 23.2. The summed E-state index contributed by atoms with van der Waals surface area (Å²) in [6.45, 7) is 9.00. The van der Waals surface area contributed by atoms with Crippen molar-refractivity contribution in [3.8, 4) is 0 Å². The second-order valence-electron chi connectivity index (χ2n) is 9.05. The quantitative estimate of drug-likeness (QED) is 0.727. The molecule has 0 radical (unpaired) electrons. The lowest BCUT2D eigenvalue weighted by Gasteiger charge is -2.33. The Labute approximate surface area is 196 Å². The molecular weight excluding hydrogens is 434 g/mol. The number of amides is 1. The van der Waals surface area contributed by atoms with Crippen LogP contribution in [-0.2, 0) is 14.8 Å². The number of aryl methyl sites for hydroxylation is 2. The van der Waals surface area contributed by atoms with Gasteiger partial charge in [-0.3, -0.25) is 4.79 Å². The molecule has 1 N–H and O–H groups in total. The highest BCUT2D eigenvalue weighted by Crippen LogP contribution is 2.35. The van der Waals surface area contributed by atoms with Gasteiger partial charge in [0.2, 0.25) is 5.91 Å². The van der Waals surface area contributed by atoms with Gasteiger partial charge in [0, 0.05) is 24.6 Å². The van der Waals surface area contributed by atoms with Crippen molar-refractivity contribution in [2.45, 2.75) is 46.6 Å². The molecule has 2 aliphatic rings. The Morgan fingerprint density at radius 2 is 1.70 bits per heavy atom. The third-order valence-electron chi connectivity index (χ3n) is 6.73. The molecular formula is C26H31N3O3S. The van der Waals surface area contributed by atoms with Gasteiger partial charge in [0.1, 0.15) is 10.7 Å². The summed E-state index contributed by atoms with van der Waals surface area (Å²) in [5.41, 5.74) is 4.61. The fraction of sp³-hybridized carbons (Fsp3) is 0.385. The molecule has 4 rings (SSSR count). The zero-order chi connectivity index (χ0) is 23.8. The number of sulfonamides is 1. The number of piperidine rings is 1. The van der Waals surface area contributed by atoms with Crippen LogP contribution in [0, 0.1) is 19.8 Å². The van der Waals surface area contributed by atoms with E-state index in [1.807, 2.05) is 81.1 Å². The summed E-state index contributed by atoms with van der Waals surface area (Å²) in [5, 5.41) is 3.12. The number of amidine groups is 1. The molecule has 174 valence electrons. The Balaban J connectivity index is 1.44. The highest BCUT2D eigenvalue weighted by molar-refractivity contribution is 8.00. The molecule has 0 aliphatic carbocycles. The maximum atomic E-state index is 12.9. The normalized spacial score (nSPS) is 19.4.